The van der Waals surface area contributed by atoms with Gasteiger partial charge in [-0.2, -0.15) is 8.42 Å². The summed E-state index contributed by atoms with van der Waals surface area (Å²) in [7, 11) is -4.09. The molecule has 0 amide bonds. The molecule has 0 saturated carbocycles. The Labute approximate surface area is 89.4 Å². The van der Waals surface area contributed by atoms with Crippen LogP contribution in [0.5, 0.6) is 0 Å². The molecule has 0 heterocycles. The van der Waals surface area contributed by atoms with Crippen LogP contribution in [0.25, 0.3) is 0 Å². The van der Waals surface area contributed by atoms with Crippen molar-refractivity contribution in [1.29, 1.82) is 0 Å². The van der Waals surface area contributed by atoms with E-state index in [0.717, 1.165) is 0 Å². The molecule has 0 rings (SSSR count). The zero-order valence-corrected chi connectivity index (χ0v) is 11.7. The van der Waals surface area contributed by atoms with Crippen LogP contribution in [0.15, 0.2) is 0 Å². The normalized spacial score (nSPS) is 11.9. The first kappa shape index (κ1) is 16.8. The van der Waals surface area contributed by atoms with E-state index in [-0.39, 0.29) is 0 Å². The standard InChI is InChI=1S/C8H20P.CH4O3S/c1-5-9(6-2,7-3)8-4;1-5(2,3)4/h5-8H2,1-4H3;1H3,(H,2,3,4)/q+1;. The van der Waals surface area contributed by atoms with Crippen molar-refractivity contribution in [3.8, 4) is 0 Å². The zero-order chi connectivity index (χ0) is 11.8. The van der Waals surface area contributed by atoms with E-state index in [0.29, 0.717) is 6.26 Å². The fraction of sp³-hybridized carbons (Fsp3) is 1.00. The molecule has 0 aliphatic heterocycles. The van der Waals surface area contributed by atoms with Gasteiger partial charge in [-0.3, -0.25) is 4.55 Å². The summed E-state index contributed by atoms with van der Waals surface area (Å²) in [6.07, 6.45) is 6.53. The van der Waals surface area contributed by atoms with Gasteiger partial charge >= 0.3 is 0 Å². The molecule has 0 saturated heterocycles. The molecule has 0 unspecified atom stereocenters. The predicted molar refractivity (Wildman–Crippen MR) is 66.6 cm³/mol. The van der Waals surface area contributed by atoms with Crippen molar-refractivity contribution in [3.63, 3.8) is 0 Å². The Morgan fingerprint density at radius 2 is 1.07 bits per heavy atom. The second-order valence-corrected chi connectivity index (χ2v) is 10.0. The average Bonchev–Trinajstić information content (AvgIpc) is 2.07. The molecule has 0 bridgehead atoms. The molecule has 0 aromatic carbocycles. The lowest BCUT2D eigenvalue weighted by Gasteiger charge is -2.20. The van der Waals surface area contributed by atoms with Gasteiger partial charge in [0.1, 0.15) is 0 Å². The van der Waals surface area contributed by atoms with Crippen molar-refractivity contribution in [2.75, 3.05) is 30.9 Å². The minimum absolute atomic E-state index is 0.420. The van der Waals surface area contributed by atoms with Crippen LogP contribution in [-0.4, -0.2) is 43.9 Å². The smallest absolute Gasteiger partial charge is 0.261 e. The lowest BCUT2D eigenvalue weighted by Crippen LogP contribution is -2.04. The molecule has 0 aliphatic rings. The second-order valence-electron chi connectivity index (χ2n) is 3.34. The van der Waals surface area contributed by atoms with Gasteiger partial charge in [0.2, 0.25) is 0 Å². The van der Waals surface area contributed by atoms with Crippen molar-refractivity contribution in [2.45, 2.75) is 27.7 Å². The van der Waals surface area contributed by atoms with Crippen LogP contribution in [0.2, 0.25) is 0 Å². The molecular weight excluding hydrogens is 219 g/mol. The lowest BCUT2D eigenvalue weighted by molar-refractivity contribution is 0.490. The first-order valence-corrected chi connectivity index (χ1v) is 9.40. The minimum atomic E-state index is -3.67. The van der Waals surface area contributed by atoms with Gasteiger partial charge in [0.05, 0.1) is 30.9 Å². The largest absolute Gasteiger partial charge is 0.286 e. The van der Waals surface area contributed by atoms with E-state index in [1.54, 1.807) is 0 Å². The van der Waals surface area contributed by atoms with Crippen molar-refractivity contribution in [3.05, 3.63) is 0 Å². The highest BCUT2D eigenvalue weighted by atomic mass is 32.2. The fourth-order valence-corrected chi connectivity index (χ4v) is 4.02. The molecule has 0 fully saturated rings. The Kier molecular flexibility index (Phi) is 9.11. The van der Waals surface area contributed by atoms with Crippen molar-refractivity contribution < 1.29 is 13.0 Å². The third-order valence-electron chi connectivity index (χ3n) is 2.68. The maximum absolute atomic E-state index is 9.19. The third kappa shape index (κ3) is 10.4. The minimum Gasteiger partial charge on any atom is -0.286 e. The Balaban J connectivity index is 0. The summed E-state index contributed by atoms with van der Waals surface area (Å²) in [5.74, 6) is 0. The van der Waals surface area contributed by atoms with Crippen LogP contribution in [0.4, 0.5) is 0 Å². The maximum Gasteiger partial charge on any atom is 0.261 e. The highest BCUT2D eigenvalue weighted by Gasteiger charge is 2.27. The van der Waals surface area contributed by atoms with Gasteiger partial charge in [-0.15, -0.1) is 0 Å². The molecule has 88 valence electrons. The summed E-state index contributed by atoms with van der Waals surface area (Å²) < 4.78 is 25.9. The first-order valence-electron chi connectivity index (χ1n) is 5.02. The van der Waals surface area contributed by atoms with E-state index >= 15 is 0 Å². The Morgan fingerprint density at radius 3 is 1.07 bits per heavy atom. The molecule has 1 N–H and O–H groups in total. The van der Waals surface area contributed by atoms with Crippen LogP contribution < -0.4 is 0 Å². The average molecular weight is 243 g/mol. The molecule has 0 aromatic rings. The summed E-state index contributed by atoms with van der Waals surface area (Å²) in [6.45, 7) is 9.41. The van der Waals surface area contributed by atoms with Gasteiger partial charge < -0.3 is 0 Å². The first-order chi connectivity index (χ1) is 6.24. The lowest BCUT2D eigenvalue weighted by atomic mass is 10.9. The zero-order valence-electron chi connectivity index (χ0n) is 9.95. The quantitative estimate of drug-likeness (QED) is 0.610. The summed E-state index contributed by atoms with van der Waals surface area (Å²) >= 11 is 0. The summed E-state index contributed by atoms with van der Waals surface area (Å²) in [5, 5.41) is 0. The molecule has 0 aliphatic carbocycles. The number of hydrogen-bond acceptors (Lipinski definition) is 2. The van der Waals surface area contributed by atoms with E-state index < -0.39 is 17.4 Å². The van der Waals surface area contributed by atoms with Crippen LogP contribution in [0, 0.1) is 0 Å². The van der Waals surface area contributed by atoms with Crippen LogP contribution in [0.1, 0.15) is 27.7 Å². The van der Waals surface area contributed by atoms with Crippen molar-refractivity contribution in [2.24, 2.45) is 0 Å². The van der Waals surface area contributed by atoms with E-state index in [1.807, 2.05) is 0 Å². The Hall–Kier alpha value is 0.340. The van der Waals surface area contributed by atoms with Crippen LogP contribution >= 0.6 is 7.26 Å². The monoisotopic (exact) mass is 243 g/mol. The summed E-state index contributed by atoms with van der Waals surface area (Å²) in [5.41, 5.74) is 0. The van der Waals surface area contributed by atoms with Gasteiger partial charge in [-0.05, 0) is 27.7 Å². The molecule has 0 radical (unpaired) electrons. The van der Waals surface area contributed by atoms with Crippen LogP contribution in [-0.2, 0) is 10.1 Å². The summed E-state index contributed by atoms with van der Waals surface area (Å²) in [4.78, 5) is 0. The maximum atomic E-state index is 9.19. The predicted octanol–water partition coefficient (Wildman–Crippen LogP) is 2.59. The molecule has 5 heteroatoms. The number of hydrogen-bond donors (Lipinski definition) is 1. The topological polar surface area (TPSA) is 54.4 Å². The molecular formula is C9H24O3PS+. The van der Waals surface area contributed by atoms with E-state index in [4.69, 9.17) is 4.55 Å². The third-order valence-corrected chi connectivity index (χ3v) is 8.05. The Bertz CT molecular complexity index is 195. The SMILES string of the molecule is CC[P+](CC)(CC)CC.CS(=O)(=O)O. The second kappa shape index (κ2) is 7.61. The van der Waals surface area contributed by atoms with Crippen molar-refractivity contribution >= 4 is 17.4 Å². The van der Waals surface area contributed by atoms with E-state index in [2.05, 4.69) is 27.7 Å². The molecule has 14 heavy (non-hydrogen) atoms. The molecule has 3 nitrogen and oxygen atoms in total. The highest BCUT2D eigenvalue weighted by molar-refractivity contribution is 7.85. The van der Waals surface area contributed by atoms with E-state index in [1.165, 1.54) is 24.6 Å². The van der Waals surface area contributed by atoms with Crippen molar-refractivity contribution in [1.82, 2.24) is 0 Å². The van der Waals surface area contributed by atoms with Gasteiger partial charge in [-0.1, -0.05) is 0 Å². The van der Waals surface area contributed by atoms with Gasteiger partial charge in [-0.25, -0.2) is 0 Å². The van der Waals surface area contributed by atoms with E-state index in [9.17, 15) is 8.42 Å². The van der Waals surface area contributed by atoms with Crippen LogP contribution in [0.3, 0.4) is 0 Å². The highest BCUT2D eigenvalue weighted by Crippen LogP contribution is 2.57. The molecule has 0 atom stereocenters. The summed E-state index contributed by atoms with van der Waals surface area (Å²) in [6, 6.07) is 0. The fourth-order valence-electron chi connectivity index (χ4n) is 1.34. The van der Waals surface area contributed by atoms with Gasteiger partial charge in [0.25, 0.3) is 10.1 Å². The Morgan fingerprint density at radius 1 is 0.929 bits per heavy atom. The van der Waals surface area contributed by atoms with Gasteiger partial charge in [0, 0.05) is 7.26 Å². The van der Waals surface area contributed by atoms with Gasteiger partial charge in [0.15, 0.2) is 0 Å². The molecule has 0 aromatic heterocycles. The molecule has 0 spiro atoms. The number of rotatable bonds is 4.